The van der Waals surface area contributed by atoms with E-state index in [-0.39, 0.29) is 10.7 Å². The largest absolute Gasteiger partial charge is 0.462 e. The van der Waals surface area contributed by atoms with Crippen molar-refractivity contribution in [3.63, 3.8) is 0 Å². The summed E-state index contributed by atoms with van der Waals surface area (Å²) < 4.78 is 5.08. The first kappa shape index (κ1) is 15.7. The van der Waals surface area contributed by atoms with Gasteiger partial charge in [-0.1, -0.05) is 6.07 Å². The van der Waals surface area contributed by atoms with Crippen LogP contribution in [0, 0.1) is 0 Å². The summed E-state index contributed by atoms with van der Waals surface area (Å²) in [4.78, 5) is 11.7. The van der Waals surface area contributed by atoms with Gasteiger partial charge < -0.3 is 15.8 Å². The molecule has 0 amide bonds. The van der Waals surface area contributed by atoms with E-state index in [1.54, 1.807) is 30.8 Å². The summed E-state index contributed by atoms with van der Waals surface area (Å²) in [5.74, 6) is -0.382. The standard InChI is InChI=1S/C14H22N2O2S/c1-5-18-13(17)10-7-6-8-11(12(10)15)16-9-14(2,3)19-4/h6-8,16H,5,9,15H2,1-4H3. The lowest BCUT2D eigenvalue weighted by Crippen LogP contribution is -2.26. The lowest BCUT2D eigenvalue weighted by atomic mass is 10.1. The molecule has 0 saturated heterocycles. The molecule has 19 heavy (non-hydrogen) atoms. The van der Waals surface area contributed by atoms with Crippen molar-refractivity contribution < 1.29 is 9.53 Å². The first-order valence-electron chi connectivity index (χ1n) is 6.26. The highest BCUT2D eigenvalue weighted by atomic mass is 32.2. The van der Waals surface area contributed by atoms with E-state index >= 15 is 0 Å². The van der Waals surface area contributed by atoms with Gasteiger partial charge in [-0.2, -0.15) is 11.8 Å². The van der Waals surface area contributed by atoms with Crippen LogP contribution in [-0.4, -0.2) is 30.1 Å². The Bertz CT molecular complexity index is 447. The second kappa shape index (κ2) is 6.70. The first-order chi connectivity index (χ1) is 8.91. The molecule has 106 valence electrons. The van der Waals surface area contributed by atoms with Gasteiger partial charge in [0.1, 0.15) is 0 Å². The van der Waals surface area contributed by atoms with Crippen molar-refractivity contribution in [1.82, 2.24) is 0 Å². The number of hydrogen-bond donors (Lipinski definition) is 2. The number of esters is 1. The molecular weight excluding hydrogens is 260 g/mol. The van der Waals surface area contributed by atoms with E-state index in [4.69, 9.17) is 10.5 Å². The second-order valence-electron chi connectivity index (χ2n) is 4.80. The molecule has 0 saturated carbocycles. The minimum absolute atomic E-state index is 0.104. The van der Waals surface area contributed by atoms with Crippen LogP contribution in [0.3, 0.4) is 0 Å². The van der Waals surface area contributed by atoms with Crippen LogP contribution in [0.2, 0.25) is 0 Å². The molecule has 4 nitrogen and oxygen atoms in total. The van der Waals surface area contributed by atoms with Gasteiger partial charge in [-0.05, 0) is 39.2 Å². The number of nitrogen functional groups attached to an aromatic ring is 1. The molecule has 0 aliphatic rings. The number of hydrogen-bond acceptors (Lipinski definition) is 5. The third kappa shape index (κ3) is 4.35. The average molecular weight is 282 g/mol. The van der Waals surface area contributed by atoms with Crippen molar-refractivity contribution in [3.8, 4) is 0 Å². The maximum Gasteiger partial charge on any atom is 0.340 e. The minimum atomic E-state index is -0.382. The Morgan fingerprint density at radius 1 is 1.47 bits per heavy atom. The van der Waals surface area contributed by atoms with Crippen LogP contribution in [0.25, 0.3) is 0 Å². The highest BCUT2D eigenvalue weighted by Crippen LogP contribution is 2.26. The van der Waals surface area contributed by atoms with Crippen LogP contribution in [0.1, 0.15) is 31.1 Å². The summed E-state index contributed by atoms with van der Waals surface area (Å²) in [5.41, 5.74) is 7.64. The third-order valence-electron chi connectivity index (χ3n) is 2.86. The third-order valence-corrected chi connectivity index (χ3v) is 4.11. The number of rotatable bonds is 6. The van der Waals surface area contributed by atoms with Crippen molar-refractivity contribution in [3.05, 3.63) is 23.8 Å². The number of thioether (sulfide) groups is 1. The number of nitrogens with one attached hydrogen (secondary N) is 1. The second-order valence-corrected chi connectivity index (χ2v) is 6.32. The van der Waals surface area contributed by atoms with Crippen molar-refractivity contribution in [2.45, 2.75) is 25.5 Å². The normalized spacial score (nSPS) is 11.2. The molecule has 0 radical (unpaired) electrons. The Hall–Kier alpha value is -1.36. The predicted molar refractivity (Wildman–Crippen MR) is 82.9 cm³/mol. The molecule has 0 spiro atoms. The Kier molecular flexibility index (Phi) is 5.54. The van der Waals surface area contributed by atoms with Crippen LogP contribution in [-0.2, 0) is 4.74 Å². The van der Waals surface area contributed by atoms with E-state index in [9.17, 15) is 4.79 Å². The number of nitrogens with two attached hydrogens (primary N) is 1. The number of para-hydroxylation sites is 1. The lowest BCUT2D eigenvalue weighted by molar-refractivity contribution is 0.0527. The fourth-order valence-corrected chi connectivity index (χ4v) is 1.70. The molecule has 0 heterocycles. The Morgan fingerprint density at radius 2 is 2.16 bits per heavy atom. The van der Waals surface area contributed by atoms with Gasteiger partial charge in [-0.3, -0.25) is 0 Å². The maximum atomic E-state index is 11.7. The van der Waals surface area contributed by atoms with Crippen LogP contribution in [0.5, 0.6) is 0 Å². The van der Waals surface area contributed by atoms with Crippen molar-refractivity contribution >= 4 is 29.1 Å². The van der Waals surface area contributed by atoms with E-state index in [2.05, 4.69) is 25.4 Å². The molecule has 0 atom stereocenters. The lowest BCUT2D eigenvalue weighted by Gasteiger charge is -2.23. The van der Waals surface area contributed by atoms with Crippen LogP contribution in [0.4, 0.5) is 11.4 Å². The molecule has 1 aromatic rings. The van der Waals surface area contributed by atoms with Crippen molar-refractivity contribution in [2.75, 3.05) is 30.5 Å². The van der Waals surface area contributed by atoms with Crippen LogP contribution < -0.4 is 11.1 Å². The molecule has 5 heteroatoms. The fraction of sp³-hybridized carbons (Fsp3) is 0.500. The zero-order valence-electron chi connectivity index (χ0n) is 11.9. The number of carbonyl (C=O) groups excluding carboxylic acids is 1. The molecule has 0 aliphatic carbocycles. The zero-order chi connectivity index (χ0) is 14.5. The van der Waals surface area contributed by atoms with Crippen LogP contribution in [0.15, 0.2) is 18.2 Å². The summed E-state index contributed by atoms with van der Waals surface area (Å²) in [6.45, 7) is 7.18. The minimum Gasteiger partial charge on any atom is -0.462 e. The topological polar surface area (TPSA) is 64.3 Å². The van der Waals surface area contributed by atoms with Gasteiger partial charge in [0.15, 0.2) is 0 Å². The van der Waals surface area contributed by atoms with Gasteiger partial charge in [0, 0.05) is 11.3 Å². The molecule has 1 rings (SSSR count). The van der Waals surface area contributed by atoms with E-state index in [1.165, 1.54) is 0 Å². The summed E-state index contributed by atoms with van der Waals surface area (Å²) in [5, 5.41) is 3.29. The van der Waals surface area contributed by atoms with E-state index in [1.807, 2.05) is 6.07 Å². The van der Waals surface area contributed by atoms with E-state index < -0.39 is 0 Å². The van der Waals surface area contributed by atoms with E-state index in [0.717, 1.165) is 12.2 Å². The Morgan fingerprint density at radius 3 is 2.74 bits per heavy atom. The van der Waals surface area contributed by atoms with Crippen molar-refractivity contribution in [1.29, 1.82) is 0 Å². The fourth-order valence-electron chi connectivity index (χ4n) is 1.49. The summed E-state index contributed by atoms with van der Waals surface area (Å²) in [6, 6.07) is 5.35. The molecule has 0 fully saturated rings. The zero-order valence-corrected chi connectivity index (χ0v) is 12.8. The SMILES string of the molecule is CCOC(=O)c1cccc(NCC(C)(C)SC)c1N. The Balaban J connectivity index is 2.86. The molecule has 3 N–H and O–H groups in total. The number of anilines is 2. The monoisotopic (exact) mass is 282 g/mol. The quantitative estimate of drug-likeness (QED) is 0.620. The maximum absolute atomic E-state index is 11.7. The van der Waals surface area contributed by atoms with E-state index in [0.29, 0.717) is 17.9 Å². The molecule has 0 aromatic heterocycles. The highest BCUT2D eigenvalue weighted by molar-refractivity contribution is 7.99. The Labute approximate surface area is 119 Å². The molecule has 0 unspecified atom stereocenters. The number of carbonyl (C=O) groups is 1. The summed E-state index contributed by atoms with van der Waals surface area (Å²) in [6.07, 6.45) is 2.07. The molecule has 0 bridgehead atoms. The summed E-state index contributed by atoms with van der Waals surface area (Å²) >= 11 is 1.78. The van der Waals surface area contributed by atoms with Gasteiger partial charge in [-0.15, -0.1) is 0 Å². The van der Waals surface area contributed by atoms with Gasteiger partial charge >= 0.3 is 5.97 Å². The smallest absolute Gasteiger partial charge is 0.340 e. The van der Waals surface area contributed by atoms with Gasteiger partial charge in [-0.25, -0.2) is 4.79 Å². The predicted octanol–water partition coefficient (Wildman–Crippen LogP) is 3.00. The van der Waals surface area contributed by atoms with Gasteiger partial charge in [0.2, 0.25) is 0 Å². The van der Waals surface area contributed by atoms with Crippen LogP contribution >= 0.6 is 11.8 Å². The number of benzene rings is 1. The molecule has 0 aliphatic heterocycles. The molecule has 1 aromatic carbocycles. The molecular formula is C14H22N2O2S. The highest BCUT2D eigenvalue weighted by Gasteiger charge is 2.18. The average Bonchev–Trinajstić information content (AvgIpc) is 2.38. The van der Waals surface area contributed by atoms with Crippen molar-refractivity contribution in [2.24, 2.45) is 0 Å². The first-order valence-corrected chi connectivity index (χ1v) is 7.48. The van der Waals surface area contributed by atoms with Gasteiger partial charge in [0.25, 0.3) is 0 Å². The van der Waals surface area contributed by atoms with Gasteiger partial charge in [0.05, 0.1) is 23.5 Å². The summed E-state index contributed by atoms with van der Waals surface area (Å²) in [7, 11) is 0. The number of ether oxygens (including phenoxy) is 1.